The molecule has 462 valence electrons. The van der Waals surface area contributed by atoms with E-state index in [1.807, 2.05) is 0 Å². The maximum Gasteiger partial charge on any atom is 0.336 e. The van der Waals surface area contributed by atoms with Crippen LogP contribution in [0, 0.1) is 5.41 Å². The van der Waals surface area contributed by atoms with Gasteiger partial charge in [0.05, 0.1) is 114 Å². The fourth-order valence-electron chi connectivity index (χ4n) is 8.59. The minimum Gasteiger partial charge on any atom is -0.478 e. The number of nitrogens with one attached hydrogen (secondary N) is 4. The third-order valence-electron chi connectivity index (χ3n) is 12.7. The fraction of sp³-hybridized carbons (Fsp3) is 0.449. The number of fused-ring (bicyclic) bond motifs is 2. The van der Waals surface area contributed by atoms with Gasteiger partial charge in [0.15, 0.2) is 33.5 Å². The van der Waals surface area contributed by atoms with Gasteiger partial charge in [-0.2, -0.15) is 16.8 Å². The maximum absolute atomic E-state index is 13.6. The highest BCUT2D eigenvalue weighted by atomic mass is 32.2. The van der Waals surface area contributed by atoms with Crippen LogP contribution in [0.3, 0.4) is 0 Å². The molecule has 0 saturated carbocycles. The molecule has 2 aliphatic heterocycles. The Morgan fingerprint density at radius 1 is 0.753 bits per heavy atom. The summed E-state index contributed by atoms with van der Waals surface area (Å²) < 4.78 is 112. The second-order valence-corrected chi connectivity index (χ2v) is 21.5. The number of aliphatic hydroxyl groups excluding tert-OH is 4. The number of carboxylic acid groups (broad SMARTS) is 1. The van der Waals surface area contributed by atoms with Crippen molar-refractivity contribution in [2.24, 2.45) is 0 Å². The maximum atomic E-state index is 13.6. The molecule has 2 aromatic carbocycles. The smallest absolute Gasteiger partial charge is 0.336 e. The normalized spacial score (nSPS) is 17.7. The molecule has 1 fully saturated rings. The minimum atomic E-state index is -5.26. The first-order chi connectivity index (χ1) is 40.5. The van der Waals surface area contributed by atoms with Gasteiger partial charge < -0.3 is 85.8 Å². The van der Waals surface area contributed by atoms with Crippen molar-refractivity contribution in [1.82, 2.24) is 45.9 Å². The third kappa shape index (κ3) is 17.1. The second-order valence-electron chi connectivity index (χ2n) is 18.8. The number of quaternary nitrogens is 1. The number of carbonyl (C=O) groups is 4. The average Bonchev–Trinajstić information content (AvgIpc) is 1.18. The fourth-order valence-corrected chi connectivity index (χ4v) is 10.1. The number of aliphatic hydroxyl groups is 4. The van der Waals surface area contributed by atoms with E-state index in [1.165, 1.54) is 22.9 Å². The Morgan fingerprint density at radius 3 is 1.99 bits per heavy atom. The number of benzene rings is 3. The molecule has 16 N–H and O–H groups in total. The topological polar surface area (TPSA) is 522 Å². The molecule has 1 saturated heterocycles. The van der Waals surface area contributed by atoms with Gasteiger partial charge in [-0.3, -0.25) is 28.9 Å². The number of hydrogen-bond donors (Lipinski definition) is 13. The highest BCUT2D eigenvalue weighted by Crippen LogP contribution is 2.46. The summed E-state index contributed by atoms with van der Waals surface area (Å²) in [6.45, 7) is 1.52. The first-order valence-corrected chi connectivity index (χ1v) is 28.7. The van der Waals surface area contributed by atoms with Gasteiger partial charge in [-0.05, 0) is 48.0 Å². The Labute approximate surface area is 482 Å². The zero-order valence-corrected chi connectivity index (χ0v) is 46.6. The molecule has 4 aromatic rings. The molecule has 34 nitrogen and oxygen atoms in total. The molecule has 0 unspecified atom stereocenters. The number of ether oxygens (including phenoxy) is 6. The first kappa shape index (κ1) is 65.0. The van der Waals surface area contributed by atoms with Crippen LogP contribution in [0.1, 0.15) is 32.1 Å². The van der Waals surface area contributed by atoms with E-state index in [2.05, 4.69) is 42.3 Å². The van der Waals surface area contributed by atoms with Crippen molar-refractivity contribution in [3.63, 3.8) is 0 Å². The van der Waals surface area contributed by atoms with E-state index >= 15 is 0 Å². The Balaban J connectivity index is 0.763. The number of carboxylic acids is 1. The van der Waals surface area contributed by atoms with Gasteiger partial charge in [0, 0.05) is 41.4 Å². The number of amides is 3. The van der Waals surface area contributed by atoms with Gasteiger partial charge in [-0.15, -0.1) is 10.2 Å². The molecule has 3 aliphatic rings. The zero-order valence-electron chi connectivity index (χ0n) is 45.0. The lowest BCUT2D eigenvalue weighted by Crippen LogP contribution is -2.68. The molecule has 2 aromatic heterocycles. The Morgan fingerprint density at radius 2 is 1.36 bits per heavy atom. The molecule has 3 amide bonds. The summed E-state index contributed by atoms with van der Waals surface area (Å²) in [6.07, 6.45) is -3.90. The van der Waals surface area contributed by atoms with E-state index < -0.39 is 126 Å². The Hall–Kier alpha value is -7.53. The van der Waals surface area contributed by atoms with Crippen molar-refractivity contribution < 1.29 is 109 Å². The number of aromatic carboxylic acids is 1. The lowest BCUT2D eigenvalue weighted by atomic mass is 9.89. The Kier molecular flexibility index (Phi) is 22.6. The van der Waals surface area contributed by atoms with Gasteiger partial charge in [-0.25, -0.2) is 14.2 Å². The second kappa shape index (κ2) is 29.5. The third-order valence-corrected chi connectivity index (χ3v) is 14.6. The average molecular weight is 1240 g/mol. The van der Waals surface area contributed by atoms with Gasteiger partial charge in [0.1, 0.15) is 36.7 Å². The monoisotopic (exact) mass is 1240 g/mol. The van der Waals surface area contributed by atoms with Crippen LogP contribution in [0.25, 0.3) is 33.4 Å². The summed E-state index contributed by atoms with van der Waals surface area (Å²) in [5.41, 5.74) is 8.16. The summed E-state index contributed by atoms with van der Waals surface area (Å²) in [5, 5.41) is 80.6. The summed E-state index contributed by atoms with van der Waals surface area (Å²) in [7, 11) is -10.5. The summed E-state index contributed by atoms with van der Waals surface area (Å²) in [6, 6.07) is 7.21. The largest absolute Gasteiger partial charge is 0.478 e. The molecular weight excluding hydrogens is 1170 g/mol. The molecule has 36 heteroatoms. The van der Waals surface area contributed by atoms with Gasteiger partial charge >= 0.3 is 5.97 Å². The van der Waals surface area contributed by atoms with E-state index in [1.54, 1.807) is 17.1 Å². The molecule has 0 bridgehead atoms. The zero-order chi connectivity index (χ0) is 61.6. The highest BCUT2D eigenvalue weighted by Gasteiger charge is 2.44. The number of nitrogens with zero attached hydrogens (tertiary/aromatic N) is 6. The number of anilines is 1. The number of nitrogen functional groups attached to an aromatic ring is 1. The quantitative estimate of drug-likeness (QED) is 0.00820. The van der Waals surface area contributed by atoms with Crippen molar-refractivity contribution >= 4 is 60.6 Å². The Bertz CT molecular complexity index is 3580. The molecular formula is C49H63N12O22S2+. The van der Waals surface area contributed by atoms with Crippen LogP contribution in [0.15, 0.2) is 69.1 Å². The van der Waals surface area contributed by atoms with E-state index in [9.17, 15) is 70.7 Å². The minimum absolute atomic E-state index is 0.120. The molecule has 7 rings (SSSR count). The van der Waals surface area contributed by atoms with Crippen molar-refractivity contribution in [2.75, 3.05) is 84.9 Å². The molecule has 0 spiro atoms. The number of nitrogens with two attached hydrogens (primary N) is 1. The lowest BCUT2D eigenvalue weighted by molar-refractivity contribution is -0.403. The SMILES string of the molecule is N=c1ccc2c(-c3cc(C(=O)NCc4cn(CCOCCOCCNC(=O)[C@@H]([NH3+])Cc5cn(CCOCCOCCNC(=O)CO[C@@H]6O[C@H](CO)[C@@H](O)[C@H](O)[C@H]6O)nn5)nn4)ccc3C(=O)O)c3ccc(N)c(S(=O)(=O)O)c3oc-2c1S(=O)(=O)O. The van der Waals surface area contributed by atoms with Gasteiger partial charge in [-0.1, -0.05) is 10.4 Å². The summed E-state index contributed by atoms with van der Waals surface area (Å²) in [5.74, 6) is -3.89. The van der Waals surface area contributed by atoms with Crippen molar-refractivity contribution in [3.05, 3.63) is 82.7 Å². The van der Waals surface area contributed by atoms with Crippen LogP contribution < -0.4 is 32.8 Å². The van der Waals surface area contributed by atoms with E-state index in [-0.39, 0.29) is 112 Å². The summed E-state index contributed by atoms with van der Waals surface area (Å²) in [4.78, 5) is 48.8. The summed E-state index contributed by atoms with van der Waals surface area (Å²) >= 11 is 0. The van der Waals surface area contributed by atoms with Gasteiger partial charge in [0.25, 0.3) is 32.1 Å². The van der Waals surface area contributed by atoms with Crippen LogP contribution in [-0.4, -0.2) is 221 Å². The lowest BCUT2D eigenvalue weighted by Gasteiger charge is -2.39. The van der Waals surface area contributed by atoms with E-state index in [4.69, 9.17) is 44.0 Å². The molecule has 0 radical (unpaired) electrons. The predicted molar refractivity (Wildman–Crippen MR) is 286 cm³/mol. The number of aromatic nitrogens is 6. The number of hydrogen-bond acceptors (Lipinski definition) is 25. The molecule has 6 atom stereocenters. The van der Waals surface area contributed by atoms with E-state index in [0.29, 0.717) is 24.5 Å². The number of carbonyl (C=O) groups excluding carboxylic acids is 3. The molecule has 1 aliphatic carbocycles. The van der Waals surface area contributed by atoms with Crippen LogP contribution in [0.2, 0.25) is 0 Å². The molecule has 85 heavy (non-hydrogen) atoms. The van der Waals surface area contributed by atoms with Crippen molar-refractivity contribution in [1.29, 1.82) is 5.41 Å². The van der Waals surface area contributed by atoms with Crippen molar-refractivity contribution in [3.8, 4) is 22.5 Å². The van der Waals surface area contributed by atoms with Crippen LogP contribution >= 0.6 is 0 Å². The van der Waals surface area contributed by atoms with E-state index in [0.717, 1.165) is 24.3 Å². The van der Waals surface area contributed by atoms with Crippen LogP contribution in [0.4, 0.5) is 5.69 Å². The first-order valence-electron chi connectivity index (χ1n) is 25.8. The van der Waals surface area contributed by atoms with Gasteiger partial charge in [0.2, 0.25) is 5.91 Å². The van der Waals surface area contributed by atoms with Crippen LogP contribution in [-0.2, 0) is 84.3 Å². The predicted octanol–water partition coefficient (Wildman–Crippen LogP) is -4.46. The van der Waals surface area contributed by atoms with Crippen molar-refractivity contribution in [2.45, 2.75) is 72.6 Å². The standard InChI is InChI=1S/C49H62N12O22S2/c50-33-5-3-30-38(31-4-6-34(51)45(85(74,75)76)43(31)83-42(30)44(33)84(71,72)73)32-19-26(1-2-29(32)48(69)70)46(67)55-21-28-23-61(59-57-28)10-14-80-18-16-78-12-8-54-47(68)35(52)20-27-22-60(58-56-27)9-13-79-17-15-77-11-7-53-37(63)25-81-49-41(66)40(65)39(64)36(24-62)82-49/h1-6,19,22-23,35-36,39-41,49-50,62,64-66H,7-18,20-21,24-25,51-52H2,(H,53,63)(H,54,68)(H,55,67)(H,69,70)(H,71,72,73)(H,74,75,76)/p+1/t35-,36+,39+,40-,41+,49+/m0/s1. The molecule has 4 heterocycles. The number of rotatable bonds is 32. The highest BCUT2D eigenvalue weighted by molar-refractivity contribution is 7.86. The van der Waals surface area contributed by atoms with Crippen LogP contribution in [0.5, 0.6) is 0 Å².